The summed E-state index contributed by atoms with van der Waals surface area (Å²) in [4.78, 5) is 10.6. The Morgan fingerprint density at radius 1 is 1.00 bits per heavy atom. The second kappa shape index (κ2) is 8.84. The molecular weight excluding hydrogens is 331 g/mol. The first kappa shape index (κ1) is 17.7. The predicted molar refractivity (Wildman–Crippen MR) is 99.6 cm³/mol. The first-order valence-electron chi connectivity index (χ1n) is 8.49. The van der Waals surface area contributed by atoms with Crippen LogP contribution in [0, 0.1) is 5.82 Å². The van der Waals surface area contributed by atoms with Gasteiger partial charge in [-0.2, -0.15) is 10.1 Å². The van der Waals surface area contributed by atoms with Crippen molar-refractivity contribution in [3.8, 4) is 0 Å². The number of anilines is 2. The molecule has 2 heterocycles. The smallest absolute Gasteiger partial charge is 0.244 e. The molecule has 0 saturated carbocycles. The van der Waals surface area contributed by atoms with Gasteiger partial charge in [-0.15, -0.1) is 5.10 Å². The van der Waals surface area contributed by atoms with E-state index in [1.165, 1.54) is 17.7 Å². The fraction of sp³-hybridized carbons (Fsp3) is 0.263. The lowest BCUT2D eigenvalue weighted by Crippen LogP contribution is -2.22. The first-order chi connectivity index (χ1) is 12.7. The molecule has 0 saturated heterocycles. The van der Waals surface area contributed by atoms with Crippen LogP contribution in [-0.2, 0) is 12.8 Å². The molecular formula is C19H21FN6. The molecule has 0 unspecified atom stereocenters. The zero-order valence-electron chi connectivity index (χ0n) is 14.6. The Morgan fingerprint density at radius 3 is 2.50 bits per heavy atom. The van der Waals surface area contributed by atoms with Crippen molar-refractivity contribution in [2.75, 3.05) is 30.4 Å². The Bertz CT molecular complexity index is 810. The van der Waals surface area contributed by atoms with Gasteiger partial charge in [0.25, 0.3) is 0 Å². The van der Waals surface area contributed by atoms with Crippen molar-refractivity contribution in [3.05, 3.63) is 71.9 Å². The van der Waals surface area contributed by atoms with Gasteiger partial charge in [0.05, 0.1) is 6.20 Å². The van der Waals surface area contributed by atoms with Crippen LogP contribution in [0.4, 0.5) is 16.2 Å². The average Bonchev–Trinajstić information content (AvgIpc) is 2.69. The third-order valence-electron chi connectivity index (χ3n) is 4.03. The Hall–Kier alpha value is -3.09. The molecule has 0 amide bonds. The first-order valence-corrected chi connectivity index (χ1v) is 8.49. The molecule has 0 atom stereocenters. The van der Waals surface area contributed by atoms with E-state index >= 15 is 0 Å². The highest BCUT2D eigenvalue weighted by Gasteiger charge is 2.06. The molecule has 26 heavy (non-hydrogen) atoms. The largest absolute Gasteiger partial charge is 0.358 e. The number of hydrogen-bond acceptors (Lipinski definition) is 6. The van der Waals surface area contributed by atoms with Crippen LogP contribution in [-0.4, -0.2) is 40.3 Å². The van der Waals surface area contributed by atoms with Gasteiger partial charge in [0.2, 0.25) is 5.95 Å². The summed E-state index contributed by atoms with van der Waals surface area (Å²) < 4.78 is 12.9. The summed E-state index contributed by atoms with van der Waals surface area (Å²) in [5, 5.41) is 11.2. The summed E-state index contributed by atoms with van der Waals surface area (Å²) in [6.45, 7) is 1.47. The third kappa shape index (κ3) is 5.20. The average molecular weight is 352 g/mol. The molecule has 1 N–H and O–H groups in total. The SMILES string of the molecule is CN(CCc1ccncc1)c1cnnc(NCCc2ccc(F)cc2)n1. The van der Waals surface area contributed by atoms with Crippen LogP contribution in [0.3, 0.4) is 0 Å². The van der Waals surface area contributed by atoms with E-state index in [4.69, 9.17) is 0 Å². The molecule has 0 bridgehead atoms. The number of rotatable bonds is 8. The van der Waals surface area contributed by atoms with Crippen LogP contribution < -0.4 is 10.2 Å². The minimum atomic E-state index is -0.225. The fourth-order valence-corrected chi connectivity index (χ4v) is 2.48. The van der Waals surface area contributed by atoms with Gasteiger partial charge in [0, 0.05) is 32.5 Å². The summed E-state index contributed by atoms with van der Waals surface area (Å²) in [7, 11) is 1.98. The molecule has 1 aromatic carbocycles. The molecule has 0 aliphatic rings. The Labute approximate surface area is 152 Å². The lowest BCUT2D eigenvalue weighted by atomic mass is 10.1. The standard InChI is InChI=1S/C19H21FN6/c1-26(13-9-16-6-10-21-11-7-16)18-14-23-25-19(24-18)22-12-8-15-2-4-17(20)5-3-15/h2-7,10-11,14H,8-9,12-13H2,1H3,(H,22,24,25). The van der Waals surface area contributed by atoms with E-state index < -0.39 is 0 Å². The maximum Gasteiger partial charge on any atom is 0.244 e. The molecule has 0 aliphatic heterocycles. The molecule has 3 rings (SSSR count). The topological polar surface area (TPSA) is 66.8 Å². The van der Waals surface area contributed by atoms with Crippen LogP contribution in [0.2, 0.25) is 0 Å². The van der Waals surface area contributed by atoms with Crippen LogP contribution >= 0.6 is 0 Å². The number of nitrogens with zero attached hydrogens (tertiary/aromatic N) is 5. The molecule has 0 radical (unpaired) electrons. The van der Waals surface area contributed by atoms with E-state index in [-0.39, 0.29) is 5.82 Å². The van der Waals surface area contributed by atoms with Gasteiger partial charge in [0.1, 0.15) is 5.82 Å². The van der Waals surface area contributed by atoms with E-state index in [9.17, 15) is 4.39 Å². The van der Waals surface area contributed by atoms with Gasteiger partial charge >= 0.3 is 0 Å². The maximum absolute atomic E-state index is 12.9. The molecule has 6 nitrogen and oxygen atoms in total. The van der Waals surface area contributed by atoms with E-state index in [1.54, 1.807) is 30.7 Å². The van der Waals surface area contributed by atoms with Gasteiger partial charge in [-0.05, 0) is 48.2 Å². The monoisotopic (exact) mass is 352 g/mol. The third-order valence-corrected chi connectivity index (χ3v) is 4.03. The summed E-state index contributed by atoms with van der Waals surface area (Å²) in [5.41, 5.74) is 2.28. The predicted octanol–water partition coefficient (Wildman–Crippen LogP) is 2.74. The van der Waals surface area contributed by atoms with Crippen molar-refractivity contribution in [1.29, 1.82) is 0 Å². The van der Waals surface area contributed by atoms with Crippen molar-refractivity contribution in [1.82, 2.24) is 20.2 Å². The molecule has 2 aromatic heterocycles. The Balaban J connectivity index is 1.51. The van der Waals surface area contributed by atoms with Gasteiger partial charge < -0.3 is 10.2 Å². The van der Waals surface area contributed by atoms with Crippen LogP contribution in [0.15, 0.2) is 55.0 Å². The molecule has 0 fully saturated rings. The highest BCUT2D eigenvalue weighted by Crippen LogP contribution is 2.10. The number of halogens is 1. The normalized spacial score (nSPS) is 10.5. The highest BCUT2D eigenvalue weighted by molar-refractivity contribution is 5.39. The minimum Gasteiger partial charge on any atom is -0.358 e. The Morgan fingerprint density at radius 2 is 1.73 bits per heavy atom. The van der Waals surface area contributed by atoms with Crippen molar-refractivity contribution >= 4 is 11.8 Å². The zero-order chi connectivity index (χ0) is 18.2. The van der Waals surface area contributed by atoms with Crippen molar-refractivity contribution < 1.29 is 4.39 Å². The molecule has 7 heteroatoms. The summed E-state index contributed by atoms with van der Waals surface area (Å²) >= 11 is 0. The second-order valence-electron chi connectivity index (χ2n) is 5.97. The molecule has 134 valence electrons. The van der Waals surface area contributed by atoms with Crippen LogP contribution in [0.5, 0.6) is 0 Å². The van der Waals surface area contributed by atoms with Gasteiger partial charge in [-0.1, -0.05) is 12.1 Å². The van der Waals surface area contributed by atoms with E-state index in [0.29, 0.717) is 12.5 Å². The molecule has 0 spiro atoms. The van der Waals surface area contributed by atoms with Crippen LogP contribution in [0.1, 0.15) is 11.1 Å². The van der Waals surface area contributed by atoms with Gasteiger partial charge in [0.15, 0.2) is 5.82 Å². The number of likely N-dealkylation sites (N-methyl/N-ethyl adjacent to an activating group) is 1. The van der Waals surface area contributed by atoms with Crippen LogP contribution in [0.25, 0.3) is 0 Å². The Kier molecular flexibility index (Phi) is 6.03. The highest BCUT2D eigenvalue weighted by atomic mass is 19.1. The number of benzene rings is 1. The second-order valence-corrected chi connectivity index (χ2v) is 5.97. The van der Waals surface area contributed by atoms with E-state index in [0.717, 1.165) is 30.8 Å². The summed E-state index contributed by atoms with van der Waals surface area (Å²) in [6, 6.07) is 10.5. The lowest BCUT2D eigenvalue weighted by molar-refractivity contribution is 0.627. The molecule has 3 aromatic rings. The number of aromatic nitrogens is 4. The lowest BCUT2D eigenvalue weighted by Gasteiger charge is -2.18. The van der Waals surface area contributed by atoms with Gasteiger partial charge in [-0.25, -0.2) is 4.39 Å². The van der Waals surface area contributed by atoms with Crippen molar-refractivity contribution in [2.45, 2.75) is 12.8 Å². The zero-order valence-corrected chi connectivity index (χ0v) is 14.6. The number of nitrogens with one attached hydrogen (secondary N) is 1. The van der Waals surface area contributed by atoms with Gasteiger partial charge in [-0.3, -0.25) is 4.98 Å². The van der Waals surface area contributed by atoms with E-state index in [2.05, 4.69) is 25.5 Å². The summed E-state index contributed by atoms with van der Waals surface area (Å²) in [5.74, 6) is 1.02. The number of pyridine rings is 1. The van der Waals surface area contributed by atoms with Crippen molar-refractivity contribution in [2.24, 2.45) is 0 Å². The fourth-order valence-electron chi connectivity index (χ4n) is 2.48. The maximum atomic E-state index is 12.9. The molecule has 0 aliphatic carbocycles. The summed E-state index contributed by atoms with van der Waals surface area (Å²) in [6.07, 6.45) is 6.90. The van der Waals surface area contributed by atoms with E-state index in [1.807, 2.05) is 24.1 Å². The number of hydrogen-bond donors (Lipinski definition) is 1. The van der Waals surface area contributed by atoms with Crippen molar-refractivity contribution in [3.63, 3.8) is 0 Å². The minimum absolute atomic E-state index is 0.225. The quantitative estimate of drug-likeness (QED) is 0.672.